The van der Waals surface area contributed by atoms with Crippen LogP contribution in [0.5, 0.6) is 11.5 Å². The third kappa shape index (κ3) is 7.61. The summed E-state index contributed by atoms with van der Waals surface area (Å²) < 4.78 is 10.3. The number of hydrogen-bond acceptors (Lipinski definition) is 6. The number of carboxylic acid groups (broad SMARTS) is 2. The van der Waals surface area contributed by atoms with Gasteiger partial charge in [0.25, 0.3) is 0 Å². The van der Waals surface area contributed by atoms with Crippen LogP contribution in [0.4, 0.5) is 0 Å². The standard InChI is InChI=1S/C20H28N2O7/c21-10-14-1-4-15(5-2-14)20(27)22-8-7-13-3-6-16(28-11-18(23)24)17(9-13)29-12-19(25)26/h3,6,9,14-15H,1-2,4-5,7-8,10-12,21H2,(H,22,27)(H,23,24)(H,25,26). The Hall–Kier alpha value is -2.81. The molecule has 0 radical (unpaired) electrons. The van der Waals surface area contributed by atoms with Gasteiger partial charge in [-0.05, 0) is 62.3 Å². The predicted octanol–water partition coefficient (Wildman–Crippen LogP) is 1.04. The van der Waals surface area contributed by atoms with E-state index in [1.54, 1.807) is 12.1 Å². The minimum atomic E-state index is -1.16. The van der Waals surface area contributed by atoms with Gasteiger partial charge in [-0.3, -0.25) is 4.79 Å². The predicted molar refractivity (Wildman–Crippen MR) is 104 cm³/mol. The Labute approximate surface area is 169 Å². The number of nitrogens with two attached hydrogens (primary N) is 1. The normalized spacial score (nSPS) is 18.7. The largest absolute Gasteiger partial charge is 0.479 e. The van der Waals surface area contributed by atoms with Crippen LogP contribution in [0.15, 0.2) is 18.2 Å². The second-order valence-electron chi connectivity index (χ2n) is 7.14. The smallest absolute Gasteiger partial charge is 0.341 e. The lowest BCUT2D eigenvalue weighted by atomic mass is 9.81. The van der Waals surface area contributed by atoms with Crippen molar-refractivity contribution >= 4 is 17.8 Å². The summed E-state index contributed by atoms with van der Waals surface area (Å²) in [6.45, 7) is -0.0313. The van der Waals surface area contributed by atoms with Crippen LogP contribution in [-0.4, -0.2) is 54.4 Å². The van der Waals surface area contributed by atoms with Crippen LogP contribution >= 0.6 is 0 Å². The number of nitrogens with one attached hydrogen (secondary N) is 1. The molecule has 5 N–H and O–H groups in total. The molecule has 0 aliphatic heterocycles. The number of ether oxygens (including phenoxy) is 2. The van der Waals surface area contributed by atoms with Crippen molar-refractivity contribution in [3.05, 3.63) is 23.8 Å². The molecule has 9 heteroatoms. The Kier molecular flexibility index (Phi) is 8.72. The van der Waals surface area contributed by atoms with E-state index in [2.05, 4.69) is 5.32 Å². The summed E-state index contributed by atoms with van der Waals surface area (Å²) in [5, 5.41) is 20.5. The lowest BCUT2D eigenvalue weighted by molar-refractivity contribution is -0.140. The third-order valence-corrected chi connectivity index (χ3v) is 4.97. The van der Waals surface area contributed by atoms with Gasteiger partial charge in [0.2, 0.25) is 5.91 Å². The average molecular weight is 408 g/mol. The number of amides is 1. The minimum absolute atomic E-state index is 0.0269. The molecule has 29 heavy (non-hydrogen) atoms. The molecule has 1 amide bonds. The van der Waals surface area contributed by atoms with Crippen molar-refractivity contribution in [3.63, 3.8) is 0 Å². The van der Waals surface area contributed by atoms with Gasteiger partial charge in [-0.1, -0.05) is 6.07 Å². The molecule has 2 rings (SSSR count). The van der Waals surface area contributed by atoms with E-state index in [9.17, 15) is 14.4 Å². The number of carbonyl (C=O) groups is 3. The van der Waals surface area contributed by atoms with Crippen molar-refractivity contribution in [2.75, 3.05) is 26.3 Å². The Balaban J connectivity index is 1.88. The molecule has 1 aliphatic rings. The van der Waals surface area contributed by atoms with Crippen molar-refractivity contribution in [1.29, 1.82) is 0 Å². The molecule has 0 atom stereocenters. The molecule has 0 unspecified atom stereocenters. The highest BCUT2D eigenvalue weighted by Gasteiger charge is 2.25. The van der Waals surface area contributed by atoms with Gasteiger partial charge in [-0.15, -0.1) is 0 Å². The summed E-state index contributed by atoms with van der Waals surface area (Å²) in [6, 6.07) is 4.85. The van der Waals surface area contributed by atoms with E-state index in [0.717, 1.165) is 31.2 Å². The second kappa shape index (κ2) is 11.3. The van der Waals surface area contributed by atoms with E-state index in [1.807, 2.05) is 0 Å². The zero-order chi connectivity index (χ0) is 21.2. The fourth-order valence-corrected chi connectivity index (χ4v) is 3.35. The molecular formula is C20H28N2O7. The molecule has 9 nitrogen and oxygen atoms in total. The van der Waals surface area contributed by atoms with Crippen LogP contribution in [0.2, 0.25) is 0 Å². The first-order valence-corrected chi connectivity index (χ1v) is 9.69. The maximum Gasteiger partial charge on any atom is 0.341 e. The number of hydrogen-bond donors (Lipinski definition) is 4. The Morgan fingerprint density at radius 2 is 1.62 bits per heavy atom. The maximum atomic E-state index is 12.3. The van der Waals surface area contributed by atoms with Crippen LogP contribution < -0.4 is 20.5 Å². The van der Waals surface area contributed by atoms with Gasteiger partial charge in [-0.2, -0.15) is 0 Å². The fourth-order valence-electron chi connectivity index (χ4n) is 3.35. The summed E-state index contributed by atoms with van der Waals surface area (Å²) in [7, 11) is 0. The Morgan fingerprint density at radius 3 is 2.21 bits per heavy atom. The lowest BCUT2D eigenvalue weighted by Crippen LogP contribution is -2.35. The molecule has 1 aliphatic carbocycles. The number of rotatable bonds is 11. The van der Waals surface area contributed by atoms with E-state index < -0.39 is 25.2 Å². The Morgan fingerprint density at radius 1 is 1.00 bits per heavy atom. The van der Waals surface area contributed by atoms with Gasteiger partial charge in [-0.25, -0.2) is 9.59 Å². The summed E-state index contributed by atoms with van der Waals surface area (Å²) >= 11 is 0. The van der Waals surface area contributed by atoms with Crippen molar-refractivity contribution in [1.82, 2.24) is 5.32 Å². The second-order valence-corrected chi connectivity index (χ2v) is 7.14. The average Bonchev–Trinajstić information content (AvgIpc) is 2.71. The molecule has 0 spiro atoms. The highest BCUT2D eigenvalue weighted by atomic mass is 16.5. The summed E-state index contributed by atoms with van der Waals surface area (Å²) in [5.74, 6) is -1.42. The quantitative estimate of drug-likeness (QED) is 0.424. The number of aliphatic carboxylic acids is 2. The molecule has 1 saturated carbocycles. The maximum absolute atomic E-state index is 12.3. The fraction of sp³-hybridized carbons (Fsp3) is 0.550. The van der Waals surface area contributed by atoms with Crippen LogP contribution in [0.1, 0.15) is 31.2 Å². The first-order chi connectivity index (χ1) is 13.9. The zero-order valence-corrected chi connectivity index (χ0v) is 16.3. The molecule has 0 aromatic heterocycles. The molecule has 0 heterocycles. The van der Waals surface area contributed by atoms with Gasteiger partial charge in [0.05, 0.1) is 0 Å². The van der Waals surface area contributed by atoms with Gasteiger partial charge in [0, 0.05) is 12.5 Å². The summed E-state index contributed by atoms with van der Waals surface area (Å²) in [6.07, 6.45) is 4.20. The molecule has 1 aromatic rings. The summed E-state index contributed by atoms with van der Waals surface area (Å²) in [5.41, 5.74) is 6.49. The van der Waals surface area contributed by atoms with Crippen molar-refractivity contribution in [3.8, 4) is 11.5 Å². The van der Waals surface area contributed by atoms with Crippen molar-refractivity contribution in [2.24, 2.45) is 17.6 Å². The van der Waals surface area contributed by atoms with Gasteiger partial charge in [0.1, 0.15) is 0 Å². The minimum Gasteiger partial charge on any atom is -0.479 e. The molecule has 160 valence electrons. The van der Waals surface area contributed by atoms with E-state index in [4.69, 9.17) is 25.4 Å². The SMILES string of the molecule is NCC1CCC(C(=O)NCCc2ccc(OCC(=O)O)c(OCC(=O)O)c2)CC1. The topological polar surface area (TPSA) is 148 Å². The van der Waals surface area contributed by atoms with Crippen molar-refractivity contribution in [2.45, 2.75) is 32.1 Å². The monoisotopic (exact) mass is 408 g/mol. The van der Waals surface area contributed by atoms with E-state index >= 15 is 0 Å². The molecule has 1 aromatic carbocycles. The van der Waals surface area contributed by atoms with Crippen LogP contribution in [0.3, 0.4) is 0 Å². The van der Waals surface area contributed by atoms with Crippen LogP contribution in [0, 0.1) is 11.8 Å². The molecule has 1 fully saturated rings. The highest BCUT2D eigenvalue weighted by molar-refractivity contribution is 5.78. The first-order valence-electron chi connectivity index (χ1n) is 9.69. The van der Waals surface area contributed by atoms with Crippen molar-refractivity contribution < 1.29 is 34.1 Å². The highest BCUT2D eigenvalue weighted by Crippen LogP contribution is 2.29. The third-order valence-electron chi connectivity index (χ3n) is 4.97. The number of carbonyl (C=O) groups excluding carboxylic acids is 1. The first kappa shape index (κ1) is 22.5. The zero-order valence-electron chi connectivity index (χ0n) is 16.3. The van der Waals surface area contributed by atoms with Gasteiger partial charge in [0.15, 0.2) is 24.7 Å². The summed E-state index contributed by atoms with van der Waals surface area (Å²) in [4.78, 5) is 33.8. The van der Waals surface area contributed by atoms with E-state index in [0.29, 0.717) is 25.4 Å². The van der Waals surface area contributed by atoms with Gasteiger partial charge >= 0.3 is 11.9 Å². The van der Waals surface area contributed by atoms with Crippen LogP contribution in [-0.2, 0) is 20.8 Å². The van der Waals surface area contributed by atoms with E-state index in [1.165, 1.54) is 6.07 Å². The number of carboxylic acids is 2. The van der Waals surface area contributed by atoms with Gasteiger partial charge < -0.3 is 30.7 Å². The number of benzene rings is 1. The Bertz CT molecular complexity index is 715. The van der Waals surface area contributed by atoms with E-state index in [-0.39, 0.29) is 23.3 Å². The van der Waals surface area contributed by atoms with Crippen LogP contribution in [0.25, 0.3) is 0 Å². The lowest BCUT2D eigenvalue weighted by Gasteiger charge is -2.26. The molecular weight excluding hydrogens is 380 g/mol. The molecule has 0 bridgehead atoms. The molecule has 0 saturated heterocycles.